The highest BCUT2D eigenvalue weighted by atomic mass is 31.2. The minimum atomic E-state index is -3.50. The van der Waals surface area contributed by atoms with E-state index in [2.05, 4.69) is 22.9 Å². The first-order valence-electron chi connectivity index (χ1n) is 13.0. The number of hydrogen-bond acceptors (Lipinski definition) is 20. The topological polar surface area (TPSA) is 352 Å². The van der Waals surface area contributed by atoms with Crippen molar-refractivity contribution in [2.45, 2.75) is 49.1 Å². The van der Waals surface area contributed by atoms with Crippen molar-refractivity contribution in [2.24, 2.45) is 0 Å². The molecule has 2 saturated heterocycles. The summed E-state index contributed by atoms with van der Waals surface area (Å²) in [6.45, 7) is -1.48. The molecule has 5 heterocycles. The molecule has 2 fully saturated rings. The zero-order valence-corrected chi connectivity index (χ0v) is 26.9. The van der Waals surface area contributed by atoms with Crippen LogP contribution in [0.25, 0.3) is 11.2 Å². The van der Waals surface area contributed by atoms with E-state index in [0.717, 1.165) is 27.7 Å². The number of aliphatic hydroxyl groups is 4. The van der Waals surface area contributed by atoms with Crippen LogP contribution < -0.4 is 22.5 Å². The number of fused-ring (bicyclic) bond motifs is 1. The molecule has 0 spiro atoms. The predicted octanol–water partition coefficient (Wildman–Crippen LogP) is -2.09. The Bertz CT molecular complexity index is 1980. The Hall–Kier alpha value is -3.21. The van der Waals surface area contributed by atoms with Crippen LogP contribution in [0.15, 0.2) is 37.8 Å². The van der Waals surface area contributed by atoms with Gasteiger partial charge >= 0.3 is 44.4 Å². The van der Waals surface area contributed by atoms with Crippen molar-refractivity contribution in [1.29, 1.82) is 0 Å². The van der Waals surface area contributed by atoms with Crippen LogP contribution in [-0.2, 0) is 49.7 Å². The van der Waals surface area contributed by atoms with Gasteiger partial charge in [0.25, 0.3) is 11.1 Å². The van der Waals surface area contributed by atoms with Gasteiger partial charge < -0.3 is 29.9 Å². The number of hydrogen-bond donors (Lipinski definition) is 7. The standard InChI is InChI=1S/C19H19N6O19P4/c26-8-1-2-24(19(33)21-8)16-12(29)10(27)6(40-16)3-38-45(34)42-47(36)44-48(37)43-46(35)39-4-7-11(28)13(30)17(41-7)25-5-20-9-14(25)22-18(32)23-15(9)31/h1-2,5-7,10-13,16-17,27-30H,3-4H2/q+1/p+3/t6-,7+,10-,11+,12-,13+,16-,17+/m1/s1. The molecule has 0 radical (unpaired) electrons. The summed E-state index contributed by atoms with van der Waals surface area (Å²) >= 11 is 0. The Morgan fingerprint density at radius 1 is 0.729 bits per heavy atom. The predicted molar refractivity (Wildman–Crippen MR) is 150 cm³/mol. The summed E-state index contributed by atoms with van der Waals surface area (Å²) in [6, 6.07) is 0.961. The van der Waals surface area contributed by atoms with Crippen molar-refractivity contribution in [1.82, 2.24) is 29.1 Å². The molecule has 0 amide bonds. The third-order valence-corrected chi connectivity index (χ3v) is 10.5. The second kappa shape index (κ2) is 15.1. The molecule has 2 aliphatic rings. The zero-order valence-electron chi connectivity index (χ0n) is 23.3. The van der Waals surface area contributed by atoms with Crippen LogP contribution in [0.2, 0.25) is 0 Å². The summed E-state index contributed by atoms with van der Waals surface area (Å²) in [4.78, 5) is 56.7. The van der Waals surface area contributed by atoms with Crippen molar-refractivity contribution in [3.05, 3.63) is 60.3 Å². The molecule has 3 aromatic heterocycles. The molecule has 258 valence electrons. The van der Waals surface area contributed by atoms with Gasteiger partial charge in [0.15, 0.2) is 30.9 Å². The van der Waals surface area contributed by atoms with Crippen LogP contribution in [0.4, 0.5) is 0 Å². The molecule has 0 saturated carbocycles. The summed E-state index contributed by atoms with van der Waals surface area (Å²) in [6.07, 6.45) is -10.2. The third-order valence-electron chi connectivity index (χ3n) is 6.63. The minimum Gasteiger partial charge on any atom is -0.387 e. The fourth-order valence-electron chi connectivity index (χ4n) is 4.47. The molecule has 29 heteroatoms. The average Bonchev–Trinajstić information content (AvgIpc) is 3.64. The second-order valence-corrected chi connectivity index (χ2v) is 13.9. The maximum absolute atomic E-state index is 12.1. The Morgan fingerprint density at radius 2 is 1.25 bits per heavy atom. The molecular formula is C19H22N6O19P4+4. The first kappa shape index (κ1) is 36.1. The minimum absolute atomic E-state index is 0.133. The van der Waals surface area contributed by atoms with Crippen LogP contribution in [0.3, 0.4) is 0 Å². The first-order valence-corrected chi connectivity index (χ1v) is 17.3. The van der Waals surface area contributed by atoms with Crippen LogP contribution in [0.1, 0.15) is 12.5 Å². The largest absolute Gasteiger partial charge is 0.798 e. The molecule has 25 nitrogen and oxygen atoms in total. The smallest absolute Gasteiger partial charge is 0.387 e. The molecule has 12 atom stereocenters. The highest BCUT2D eigenvalue weighted by Gasteiger charge is 2.56. The van der Waals surface area contributed by atoms with Gasteiger partial charge in [0.05, 0.1) is 6.33 Å². The lowest BCUT2D eigenvalue weighted by molar-refractivity contribution is -0.0516. The molecule has 0 aromatic carbocycles. The Morgan fingerprint density at radius 3 is 1.79 bits per heavy atom. The second-order valence-electron chi connectivity index (χ2n) is 9.60. The average molecular weight is 762 g/mol. The van der Waals surface area contributed by atoms with Gasteiger partial charge in [-0.15, -0.1) is 9.05 Å². The number of aromatic amines is 3. The van der Waals surface area contributed by atoms with E-state index in [1.165, 1.54) is 0 Å². The van der Waals surface area contributed by atoms with E-state index in [4.69, 9.17) is 18.5 Å². The Balaban J connectivity index is 1.04. The van der Waals surface area contributed by atoms with Gasteiger partial charge in [0.2, 0.25) is 0 Å². The van der Waals surface area contributed by atoms with Crippen LogP contribution in [-0.4, -0.2) is 99.3 Å². The summed E-state index contributed by atoms with van der Waals surface area (Å²) in [7, 11) is -13.6. The maximum atomic E-state index is 12.1. The van der Waals surface area contributed by atoms with Crippen molar-refractivity contribution < 1.29 is 70.1 Å². The van der Waals surface area contributed by atoms with Gasteiger partial charge in [0.1, 0.15) is 55.5 Å². The van der Waals surface area contributed by atoms with Crippen LogP contribution >= 0.6 is 33.0 Å². The molecule has 5 rings (SSSR count). The van der Waals surface area contributed by atoms with Gasteiger partial charge in [-0.3, -0.25) is 33.7 Å². The van der Waals surface area contributed by atoms with E-state index >= 15 is 0 Å². The number of H-pyrrole nitrogens is 3. The molecule has 4 unspecified atom stereocenters. The number of aromatic nitrogens is 6. The summed E-state index contributed by atoms with van der Waals surface area (Å²) in [5, 5.41) is 41.1. The lowest BCUT2D eigenvalue weighted by atomic mass is 10.1. The quantitative estimate of drug-likeness (QED) is 0.0866. The maximum Gasteiger partial charge on any atom is 0.798 e. The number of nitrogens with one attached hydrogen (secondary N) is 3. The van der Waals surface area contributed by atoms with Crippen molar-refractivity contribution in [3.8, 4) is 0 Å². The van der Waals surface area contributed by atoms with E-state index < -0.39 is 118 Å². The fraction of sp³-hybridized carbons (Fsp3) is 0.526. The number of nitrogens with zero attached hydrogens (tertiary/aromatic N) is 3. The molecule has 3 aromatic rings. The normalized spacial score (nSPS) is 28.5. The van der Waals surface area contributed by atoms with Crippen molar-refractivity contribution in [2.75, 3.05) is 13.2 Å². The monoisotopic (exact) mass is 762 g/mol. The van der Waals surface area contributed by atoms with Crippen molar-refractivity contribution in [3.63, 3.8) is 0 Å². The van der Waals surface area contributed by atoms with E-state index in [1.807, 2.05) is 9.97 Å². The number of imidazole rings is 1. The van der Waals surface area contributed by atoms with E-state index in [-0.39, 0.29) is 11.2 Å². The van der Waals surface area contributed by atoms with Gasteiger partial charge in [-0.05, 0) is 0 Å². The fourth-order valence-corrected chi connectivity index (χ4v) is 7.47. The highest BCUT2D eigenvalue weighted by Crippen LogP contribution is 2.51. The first-order chi connectivity index (χ1) is 22.7. The van der Waals surface area contributed by atoms with E-state index in [9.17, 15) is 57.9 Å². The molecular weight excluding hydrogens is 740 g/mol. The third kappa shape index (κ3) is 7.98. The van der Waals surface area contributed by atoms with Gasteiger partial charge in [-0.1, -0.05) is 0 Å². The lowest BCUT2D eigenvalue weighted by Gasteiger charge is -2.16. The summed E-state index contributed by atoms with van der Waals surface area (Å²) in [5.74, 6) is 0. The van der Waals surface area contributed by atoms with Gasteiger partial charge in [0, 0.05) is 30.5 Å². The number of ether oxygens (including phenoxy) is 2. The van der Waals surface area contributed by atoms with E-state index in [0.29, 0.717) is 0 Å². The Labute approximate surface area is 266 Å². The lowest BCUT2D eigenvalue weighted by Crippen LogP contribution is -2.37. The van der Waals surface area contributed by atoms with Crippen molar-refractivity contribution >= 4 is 44.2 Å². The van der Waals surface area contributed by atoms with E-state index in [1.54, 1.807) is 0 Å². The molecule has 2 aliphatic heterocycles. The number of rotatable bonds is 14. The number of aliphatic hydroxyl groups excluding tert-OH is 4. The highest BCUT2D eigenvalue weighted by molar-refractivity contribution is 7.56. The zero-order chi connectivity index (χ0) is 34.9. The SMILES string of the molecule is O=c1ccn([C@@H]2O[C@H](CO[P+](=O)O[P+](=O)O[P+](=O)O[P+](=O)OC[C@@H]3O[C@H](n4cnc5c(=O)[nH]c(=O)[nH]c54)[C@@H](O)[C@H]3O)[C@@H](O)[C@H]2O)c(=O)[nH]1. The molecule has 0 bridgehead atoms. The van der Waals surface area contributed by atoms with Crippen LogP contribution in [0, 0.1) is 0 Å². The van der Waals surface area contributed by atoms with Gasteiger partial charge in [-0.25, -0.2) is 14.6 Å². The van der Waals surface area contributed by atoms with Crippen LogP contribution in [0.5, 0.6) is 0 Å². The van der Waals surface area contributed by atoms with Gasteiger partial charge in [-0.2, -0.15) is 0 Å². The Kier molecular flexibility index (Phi) is 11.4. The molecule has 7 N–H and O–H groups in total. The summed E-state index contributed by atoms with van der Waals surface area (Å²) < 4.78 is 83.2. The molecule has 48 heavy (non-hydrogen) atoms. The molecule has 0 aliphatic carbocycles. The summed E-state index contributed by atoms with van der Waals surface area (Å²) in [5.41, 5.74) is -3.71.